The summed E-state index contributed by atoms with van der Waals surface area (Å²) in [6, 6.07) is 3.64. The first-order valence-corrected chi connectivity index (χ1v) is 5.42. The Morgan fingerprint density at radius 3 is 2.69 bits per heavy atom. The number of Topliss-reactive ketones (excluding diaryl/α,β-unsaturated/α-hetero) is 1. The van der Waals surface area contributed by atoms with Gasteiger partial charge in [0.25, 0.3) is 0 Å². The molecule has 0 radical (unpaired) electrons. The van der Waals surface area contributed by atoms with Gasteiger partial charge in [0.05, 0.1) is 0 Å². The molecule has 0 aromatic heterocycles. The number of aryl methyl sites for hydroxylation is 1. The lowest BCUT2D eigenvalue weighted by atomic mass is 9.99. The summed E-state index contributed by atoms with van der Waals surface area (Å²) in [5.74, 6) is 1.44. The molecule has 0 amide bonds. The number of ketones is 1. The van der Waals surface area contributed by atoms with Crippen molar-refractivity contribution in [3.63, 3.8) is 0 Å². The predicted octanol–water partition coefficient (Wildman–Crippen LogP) is 1.51. The first kappa shape index (κ1) is 11.0. The smallest absolute Gasteiger partial charge is 0.231 e. The van der Waals surface area contributed by atoms with E-state index in [2.05, 4.69) is 0 Å². The molecule has 4 heteroatoms. The van der Waals surface area contributed by atoms with Crippen molar-refractivity contribution in [3.8, 4) is 11.5 Å². The van der Waals surface area contributed by atoms with Crippen molar-refractivity contribution in [2.75, 3.05) is 13.3 Å². The zero-order valence-corrected chi connectivity index (χ0v) is 9.29. The normalized spacial score (nSPS) is 12.9. The van der Waals surface area contributed by atoms with Crippen LogP contribution in [-0.4, -0.2) is 19.1 Å². The van der Waals surface area contributed by atoms with Gasteiger partial charge in [-0.3, -0.25) is 4.79 Å². The lowest BCUT2D eigenvalue weighted by molar-refractivity contribution is 0.0984. The highest BCUT2D eigenvalue weighted by molar-refractivity contribution is 5.98. The molecule has 0 unspecified atom stereocenters. The van der Waals surface area contributed by atoms with E-state index >= 15 is 0 Å². The molecule has 1 aromatic rings. The number of benzene rings is 1. The number of rotatable bonds is 4. The average Bonchev–Trinajstić information content (AvgIpc) is 2.74. The Morgan fingerprint density at radius 2 is 2.06 bits per heavy atom. The summed E-state index contributed by atoms with van der Waals surface area (Å²) in [5, 5.41) is 0. The van der Waals surface area contributed by atoms with Crippen LogP contribution in [0.15, 0.2) is 12.1 Å². The molecule has 0 atom stereocenters. The molecule has 2 rings (SSSR count). The standard InChI is InChI=1S/C12H15NO3/c1-2-8-5-11-12(16-7-15-11)6-9(8)10(14)3-4-13/h5-6H,2-4,7,13H2,1H3. The van der Waals surface area contributed by atoms with Crippen LogP contribution in [0.4, 0.5) is 0 Å². The summed E-state index contributed by atoms with van der Waals surface area (Å²) in [7, 11) is 0. The highest BCUT2D eigenvalue weighted by Gasteiger charge is 2.19. The van der Waals surface area contributed by atoms with E-state index in [0.717, 1.165) is 17.7 Å². The molecule has 0 bridgehead atoms. The molecule has 1 aromatic carbocycles. The lowest BCUT2D eigenvalue weighted by Gasteiger charge is -2.07. The van der Waals surface area contributed by atoms with E-state index in [9.17, 15) is 4.79 Å². The quantitative estimate of drug-likeness (QED) is 0.783. The summed E-state index contributed by atoms with van der Waals surface area (Å²) in [4.78, 5) is 11.8. The summed E-state index contributed by atoms with van der Waals surface area (Å²) < 4.78 is 10.5. The molecule has 1 heterocycles. The molecule has 1 aliphatic heterocycles. The highest BCUT2D eigenvalue weighted by Crippen LogP contribution is 2.35. The highest BCUT2D eigenvalue weighted by atomic mass is 16.7. The van der Waals surface area contributed by atoms with Gasteiger partial charge < -0.3 is 15.2 Å². The monoisotopic (exact) mass is 221 g/mol. The Morgan fingerprint density at radius 1 is 1.38 bits per heavy atom. The first-order chi connectivity index (χ1) is 7.76. The Bertz CT molecular complexity index is 415. The number of hydrogen-bond acceptors (Lipinski definition) is 4. The van der Waals surface area contributed by atoms with Gasteiger partial charge in [0.1, 0.15) is 0 Å². The fraction of sp³-hybridized carbons (Fsp3) is 0.417. The van der Waals surface area contributed by atoms with Crippen molar-refractivity contribution in [2.24, 2.45) is 5.73 Å². The van der Waals surface area contributed by atoms with Gasteiger partial charge in [-0.2, -0.15) is 0 Å². The second kappa shape index (κ2) is 4.53. The molecule has 0 saturated carbocycles. The number of carbonyl (C=O) groups excluding carboxylic acids is 1. The second-order valence-corrected chi connectivity index (χ2v) is 3.68. The molecule has 16 heavy (non-hydrogen) atoms. The first-order valence-electron chi connectivity index (χ1n) is 5.42. The minimum absolute atomic E-state index is 0.0673. The maximum Gasteiger partial charge on any atom is 0.231 e. The van der Waals surface area contributed by atoms with Crippen LogP contribution < -0.4 is 15.2 Å². The van der Waals surface area contributed by atoms with Crippen LogP contribution in [0.3, 0.4) is 0 Å². The van der Waals surface area contributed by atoms with E-state index in [1.807, 2.05) is 13.0 Å². The number of carbonyl (C=O) groups is 1. The Labute approximate surface area is 94.3 Å². The third-order valence-electron chi connectivity index (χ3n) is 2.65. The van der Waals surface area contributed by atoms with Gasteiger partial charge in [0.15, 0.2) is 17.3 Å². The molecule has 2 N–H and O–H groups in total. The second-order valence-electron chi connectivity index (χ2n) is 3.68. The summed E-state index contributed by atoms with van der Waals surface area (Å²) >= 11 is 0. The molecular formula is C12H15NO3. The Balaban J connectivity index is 2.39. The van der Waals surface area contributed by atoms with Crippen LogP contribution >= 0.6 is 0 Å². The Hall–Kier alpha value is -1.55. The van der Waals surface area contributed by atoms with Crippen molar-refractivity contribution in [1.29, 1.82) is 0 Å². The van der Waals surface area contributed by atoms with Crippen LogP contribution in [-0.2, 0) is 6.42 Å². The van der Waals surface area contributed by atoms with Crippen molar-refractivity contribution in [3.05, 3.63) is 23.3 Å². The zero-order valence-electron chi connectivity index (χ0n) is 9.29. The van der Waals surface area contributed by atoms with Crippen LogP contribution in [0.5, 0.6) is 11.5 Å². The number of fused-ring (bicyclic) bond motifs is 1. The molecule has 86 valence electrons. The molecule has 0 saturated heterocycles. The summed E-state index contributed by atoms with van der Waals surface area (Å²) in [5.41, 5.74) is 7.09. The van der Waals surface area contributed by atoms with Crippen molar-refractivity contribution in [2.45, 2.75) is 19.8 Å². The van der Waals surface area contributed by atoms with Gasteiger partial charge in [-0.15, -0.1) is 0 Å². The molecule has 1 aliphatic rings. The third kappa shape index (κ3) is 1.88. The number of nitrogens with two attached hydrogens (primary N) is 1. The third-order valence-corrected chi connectivity index (χ3v) is 2.65. The minimum Gasteiger partial charge on any atom is -0.454 e. The van der Waals surface area contributed by atoms with Gasteiger partial charge in [-0.1, -0.05) is 6.92 Å². The Kier molecular flexibility index (Phi) is 3.10. The zero-order chi connectivity index (χ0) is 11.5. The fourth-order valence-corrected chi connectivity index (χ4v) is 1.80. The van der Waals surface area contributed by atoms with Gasteiger partial charge in [-0.05, 0) is 30.7 Å². The van der Waals surface area contributed by atoms with Gasteiger partial charge >= 0.3 is 0 Å². The van der Waals surface area contributed by atoms with Crippen molar-refractivity contribution < 1.29 is 14.3 Å². The average molecular weight is 221 g/mol. The maximum atomic E-state index is 11.8. The SMILES string of the molecule is CCc1cc2c(cc1C(=O)CCN)OCO2. The molecule has 0 spiro atoms. The number of ether oxygens (including phenoxy) is 2. The molecule has 0 fully saturated rings. The van der Waals surface area contributed by atoms with Crippen molar-refractivity contribution >= 4 is 5.78 Å². The summed E-state index contributed by atoms with van der Waals surface area (Å²) in [6.45, 7) is 2.61. The van der Waals surface area contributed by atoms with Crippen LogP contribution in [0.25, 0.3) is 0 Å². The maximum absolute atomic E-state index is 11.8. The van der Waals surface area contributed by atoms with Gasteiger partial charge in [-0.25, -0.2) is 0 Å². The van der Waals surface area contributed by atoms with Gasteiger partial charge in [0.2, 0.25) is 6.79 Å². The summed E-state index contributed by atoms with van der Waals surface area (Å²) in [6.07, 6.45) is 1.16. The topological polar surface area (TPSA) is 61.6 Å². The molecular weight excluding hydrogens is 206 g/mol. The van der Waals surface area contributed by atoms with Crippen LogP contribution in [0.2, 0.25) is 0 Å². The van der Waals surface area contributed by atoms with E-state index < -0.39 is 0 Å². The van der Waals surface area contributed by atoms with Crippen molar-refractivity contribution in [1.82, 2.24) is 0 Å². The van der Waals surface area contributed by atoms with Crippen LogP contribution in [0.1, 0.15) is 29.3 Å². The molecule has 4 nitrogen and oxygen atoms in total. The largest absolute Gasteiger partial charge is 0.454 e. The predicted molar refractivity (Wildman–Crippen MR) is 59.9 cm³/mol. The van der Waals surface area contributed by atoms with E-state index in [-0.39, 0.29) is 12.6 Å². The van der Waals surface area contributed by atoms with E-state index in [1.54, 1.807) is 6.07 Å². The van der Waals surface area contributed by atoms with Gasteiger partial charge in [0, 0.05) is 12.0 Å². The van der Waals surface area contributed by atoms with E-state index in [0.29, 0.717) is 24.3 Å². The number of hydrogen-bond donors (Lipinski definition) is 1. The van der Waals surface area contributed by atoms with Crippen LogP contribution in [0, 0.1) is 0 Å². The fourth-order valence-electron chi connectivity index (χ4n) is 1.80. The minimum atomic E-state index is 0.0673. The van der Waals surface area contributed by atoms with E-state index in [4.69, 9.17) is 15.2 Å². The van der Waals surface area contributed by atoms with E-state index in [1.165, 1.54) is 0 Å². The molecule has 0 aliphatic carbocycles. The lowest BCUT2D eigenvalue weighted by Crippen LogP contribution is -2.10.